The molecule has 0 spiro atoms. The van der Waals surface area contributed by atoms with Gasteiger partial charge in [0, 0.05) is 24.9 Å². The van der Waals surface area contributed by atoms with E-state index in [4.69, 9.17) is 4.74 Å². The number of aromatic nitrogens is 1. The molecule has 0 saturated carbocycles. The zero-order valence-corrected chi connectivity index (χ0v) is 11.1. The lowest BCUT2D eigenvalue weighted by atomic mass is 10.1. The van der Waals surface area contributed by atoms with Gasteiger partial charge in [0.05, 0.1) is 12.3 Å². The van der Waals surface area contributed by atoms with Crippen LogP contribution in [0.25, 0.3) is 0 Å². The number of ether oxygens (including phenoxy) is 1. The SMILES string of the molecule is Cc1cc(C)nc(CN(C)C2CCCOC2)c1. The maximum atomic E-state index is 5.53. The van der Waals surface area contributed by atoms with Gasteiger partial charge < -0.3 is 4.74 Å². The van der Waals surface area contributed by atoms with Gasteiger partial charge in [-0.3, -0.25) is 9.88 Å². The molecule has 0 radical (unpaired) electrons. The first-order valence-electron chi connectivity index (χ1n) is 6.37. The number of hydrogen-bond donors (Lipinski definition) is 0. The third-order valence-electron chi connectivity index (χ3n) is 3.32. The monoisotopic (exact) mass is 234 g/mol. The standard InChI is InChI=1S/C14H22N2O/c1-11-7-12(2)15-13(8-11)9-16(3)14-5-4-6-17-10-14/h7-8,14H,4-6,9-10H2,1-3H3. The van der Waals surface area contributed by atoms with Gasteiger partial charge in [-0.15, -0.1) is 0 Å². The zero-order chi connectivity index (χ0) is 12.3. The molecule has 2 rings (SSSR count). The molecule has 0 N–H and O–H groups in total. The summed E-state index contributed by atoms with van der Waals surface area (Å²) in [6.07, 6.45) is 2.41. The molecule has 3 nitrogen and oxygen atoms in total. The zero-order valence-electron chi connectivity index (χ0n) is 11.1. The Labute approximate surface area is 104 Å². The Morgan fingerprint density at radius 2 is 2.24 bits per heavy atom. The predicted octanol–water partition coefficient (Wildman–Crippen LogP) is 2.31. The molecule has 94 valence electrons. The fraction of sp³-hybridized carbons (Fsp3) is 0.643. The van der Waals surface area contributed by atoms with Crippen LogP contribution in [0.15, 0.2) is 12.1 Å². The van der Waals surface area contributed by atoms with E-state index in [2.05, 4.69) is 42.9 Å². The second kappa shape index (κ2) is 5.61. The van der Waals surface area contributed by atoms with E-state index < -0.39 is 0 Å². The van der Waals surface area contributed by atoms with Crippen LogP contribution in [0, 0.1) is 13.8 Å². The van der Waals surface area contributed by atoms with E-state index in [1.54, 1.807) is 0 Å². The van der Waals surface area contributed by atoms with Crippen molar-refractivity contribution in [3.05, 3.63) is 29.1 Å². The third kappa shape index (κ3) is 3.51. The largest absolute Gasteiger partial charge is 0.380 e. The van der Waals surface area contributed by atoms with Crippen LogP contribution >= 0.6 is 0 Å². The second-order valence-corrected chi connectivity index (χ2v) is 5.06. The van der Waals surface area contributed by atoms with Crippen LogP contribution in [0.2, 0.25) is 0 Å². The van der Waals surface area contributed by atoms with Crippen LogP contribution in [0.1, 0.15) is 29.8 Å². The summed E-state index contributed by atoms with van der Waals surface area (Å²) >= 11 is 0. The van der Waals surface area contributed by atoms with E-state index in [1.807, 2.05) is 0 Å². The fourth-order valence-electron chi connectivity index (χ4n) is 2.46. The summed E-state index contributed by atoms with van der Waals surface area (Å²) in [7, 11) is 2.17. The number of hydrogen-bond acceptors (Lipinski definition) is 3. The maximum absolute atomic E-state index is 5.53. The summed E-state index contributed by atoms with van der Waals surface area (Å²) in [6, 6.07) is 4.84. The smallest absolute Gasteiger partial charge is 0.0621 e. The molecule has 0 amide bonds. The maximum Gasteiger partial charge on any atom is 0.0621 e. The van der Waals surface area contributed by atoms with Crippen LogP contribution < -0.4 is 0 Å². The third-order valence-corrected chi connectivity index (χ3v) is 3.32. The molecule has 1 aromatic heterocycles. The molecule has 17 heavy (non-hydrogen) atoms. The van der Waals surface area contributed by atoms with Crippen molar-refractivity contribution in [2.45, 2.75) is 39.3 Å². The topological polar surface area (TPSA) is 25.4 Å². The van der Waals surface area contributed by atoms with Gasteiger partial charge in [0.15, 0.2) is 0 Å². The van der Waals surface area contributed by atoms with Gasteiger partial charge in [0.2, 0.25) is 0 Å². The van der Waals surface area contributed by atoms with Gasteiger partial charge in [-0.05, 0) is 51.4 Å². The van der Waals surface area contributed by atoms with Crippen LogP contribution in [-0.2, 0) is 11.3 Å². The van der Waals surface area contributed by atoms with Gasteiger partial charge >= 0.3 is 0 Å². The fourth-order valence-corrected chi connectivity index (χ4v) is 2.46. The molecule has 1 fully saturated rings. The van der Waals surface area contributed by atoms with Gasteiger partial charge in [-0.25, -0.2) is 0 Å². The Morgan fingerprint density at radius 3 is 2.88 bits per heavy atom. The minimum atomic E-state index is 0.548. The van der Waals surface area contributed by atoms with Crippen molar-refractivity contribution < 1.29 is 4.74 Å². The highest BCUT2D eigenvalue weighted by atomic mass is 16.5. The van der Waals surface area contributed by atoms with Gasteiger partial charge in [-0.2, -0.15) is 0 Å². The quantitative estimate of drug-likeness (QED) is 0.802. The highest BCUT2D eigenvalue weighted by Crippen LogP contribution is 2.14. The van der Waals surface area contributed by atoms with Crippen LogP contribution in [-0.4, -0.2) is 36.2 Å². The first kappa shape index (κ1) is 12.5. The van der Waals surface area contributed by atoms with Crippen LogP contribution in [0.5, 0.6) is 0 Å². The molecule has 1 atom stereocenters. The number of pyridine rings is 1. The molecule has 1 aliphatic rings. The molecule has 2 heterocycles. The van der Waals surface area contributed by atoms with Gasteiger partial charge in [0.25, 0.3) is 0 Å². The average molecular weight is 234 g/mol. The van der Waals surface area contributed by atoms with Crippen molar-refractivity contribution in [1.29, 1.82) is 0 Å². The lowest BCUT2D eigenvalue weighted by Gasteiger charge is -2.30. The number of nitrogens with zero attached hydrogens (tertiary/aromatic N) is 2. The molecule has 3 heteroatoms. The van der Waals surface area contributed by atoms with E-state index >= 15 is 0 Å². The summed E-state index contributed by atoms with van der Waals surface area (Å²) in [6.45, 7) is 6.88. The average Bonchev–Trinajstić information content (AvgIpc) is 2.28. The molecule has 1 aromatic rings. The number of likely N-dealkylation sites (N-methyl/N-ethyl adjacent to an activating group) is 1. The Hall–Kier alpha value is -0.930. The molecule has 0 aromatic carbocycles. The van der Waals surface area contributed by atoms with Crippen LogP contribution in [0.3, 0.4) is 0 Å². The second-order valence-electron chi connectivity index (χ2n) is 5.06. The van der Waals surface area contributed by atoms with E-state index in [1.165, 1.54) is 18.4 Å². The van der Waals surface area contributed by atoms with Crippen molar-refractivity contribution in [3.63, 3.8) is 0 Å². The highest BCUT2D eigenvalue weighted by molar-refractivity contribution is 5.19. The van der Waals surface area contributed by atoms with Gasteiger partial charge in [0.1, 0.15) is 0 Å². The lowest BCUT2D eigenvalue weighted by Crippen LogP contribution is -2.38. The summed E-state index contributed by atoms with van der Waals surface area (Å²) in [4.78, 5) is 6.95. The number of rotatable bonds is 3. The van der Waals surface area contributed by atoms with Crippen molar-refractivity contribution in [3.8, 4) is 0 Å². The van der Waals surface area contributed by atoms with E-state index in [0.717, 1.165) is 31.1 Å². The molecule has 1 unspecified atom stereocenters. The Morgan fingerprint density at radius 1 is 1.41 bits per heavy atom. The molecule has 1 saturated heterocycles. The van der Waals surface area contributed by atoms with E-state index in [9.17, 15) is 0 Å². The van der Waals surface area contributed by atoms with E-state index in [0.29, 0.717) is 6.04 Å². The minimum absolute atomic E-state index is 0.548. The first-order valence-corrected chi connectivity index (χ1v) is 6.37. The van der Waals surface area contributed by atoms with Gasteiger partial charge in [-0.1, -0.05) is 0 Å². The van der Waals surface area contributed by atoms with Crippen molar-refractivity contribution in [1.82, 2.24) is 9.88 Å². The van der Waals surface area contributed by atoms with Crippen molar-refractivity contribution in [2.24, 2.45) is 0 Å². The Balaban J connectivity index is 1.99. The summed E-state index contributed by atoms with van der Waals surface area (Å²) in [5, 5.41) is 0. The molecule has 1 aliphatic heterocycles. The predicted molar refractivity (Wildman–Crippen MR) is 69.0 cm³/mol. The number of aryl methyl sites for hydroxylation is 2. The molecular weight excluding hydrogens is 212 g/mol. The van der Waals surface area contributed by atoms with E-state index in [-0.39, 0.29) is 0 Å². The summed E-state index contributed by atoms with van der Waals surface area (Å²) in [5.74, 6) is 0. The highest BCUT2D eigenvalue weighted by Gasteiger charge is 2.18. The summed E-state index contributed by atoms with van der Waals surface area (Å²) in [5.41, 5.74) is 3.56. The Bertz CT molecular complexity index is 352. The molecular formula is C14H22N2O. The summed E-state index contributed by atoms with van der Waals surface area (Å²) < 4.78 is 5.53. The normalized spacial score (nSPS) is 20.8. The minimum Gasteiger partial charge on any atom is -0.380 e. The molecule has 0 bridgehead atoms. The van der Waals surface area contributed by atoms with Crippen LogP contribution in [0.4, 0.5) is 0 Å². The lowest BCUT2D eigenvalue weighted by molar-refractivity contribution is 0.0246. The van der Waals surface area contributed by atoms with Crippen molar-refractivity contribution in [2.75, 3.05) is 20.3 Å². The first-order chi connectivity index (χ1) is 8.15. The Kier molecular flexibility index (Phi) is 4.13. The van der Waals surface area contributed by atoms with Crippen molar-refractivity contribution >= 4 is 0 Å². The molecule has 0 aliphatic carbocycles.